The van der Waals surface area contributed by atoms with Crippen LogP contribution in [0.1, 0.15) is 105 Å². The molecule has 0 radical (unpaired) electrons. The Balaban J connectivity index is 2.23. The van der Waals surface area contributed by atoms with Crippen LogP contribution >= 0.6 is 0 Å². The zero-order valence-corrected chi connectivity index (χ0v) is 22.2. The number of amides is 2. The Morgan fingerprint density at radius 3 is 0.951 bits per heavy atom. The molecule has 41 heavy (non-hydrogen) atoms. The van der Waals surface area contributed by atoms with Crippen LogP contribution in [0.3, 0.4) is 0 Å². The van der Waals surface area contributed by atoms with E-state index in [-0.39, 0.29) is 17.7 Å². The van der Waals surface area contributed by atoms with Gasteiger partial charge in [-0.05, 0) is 6.42 Å². The van der Waals surface area contributed by atoms with Crippen molar-refractivity contribution in [3.8, 4) is 0 Å². The lowest BCUT2D eigenvalue weighted by molar-refractivity contribution is 0.0598. The van der Waals surface area contributed by atoms with E-state index in [9.17, 15) is 53.5 Å². The van der Waals surface area contributed by atoms with E-state index < -0.39 is 87.7 Å². The Morgan fingerprint density at radius 2 is 0.659 bits per heavy atom. The summed E-state index contributed by atoms with van der Waals surface area (Å²) in [5.74, 6) is -30.4. The standard InChI is InChI=1S/C28H29F10NO2/c1-2-3-4-5-6-7-8-9-10-11-12-13-14-39(27(40)15-17(29)21(33)25(37)22(34)18(15)30)28(41)16-19(31)23(35)26(38)24(36)20(16)32/h2-14H2,1H3. The first-order valence-electron chi connectivity index (χ1n) is 13.3. The van der Waals surface area contributed by atoms with E-state index in [1.165, 1.54) is 12.8 Å². The molecule has 0 aromatic heterocycles. The van der Waals surface area contributed by atoms with Crippen LogP contribution in [-0.2, 0) is 0 Å². The number of imide groups is 1. The van der Waals surface area contributed by atoms with Crippen LogP contribution in [0.2, 0.25) is 0 Å². The van der Waals surface area contributed by atoms with E-state index in [4.69, 9.17) is 0 Å². The molecule has 0 aliphatic heterocycles. The molecule has 0 saturated heterocycles. The molecule has 228 valence electrons. The van der Waals surface area contributed by atoms with Gasteiger partial charge in [0.1, 0.15) is 11.1 Å². The Labute approximate surface area is 230 Å². The lowest BCUT2D eigenvalue weighted by atomic mass is 10.0. The van der Waals surface area contributed by atoms with Crippen molar-refractivity contribution in [3.05, 3.63) is 69.3 Å². The Hall–Kier alpha value is -3.12. The summed E-state index contributed by atoms with van der Waals surface area (Å²) in [6, 6.07) is 0. The number of rotatable bonds is 15. The van der Waals surface area contributed by atoms with E-state index in [1.807, 2.05) is 0 Å². The van der Waals surface area contributed by atoms with Gasteiger partial charge >= 0.3 is 0 Å². The number of benzene rings is 2. The molecule has 2 aromatic rings. The highest BCUT2D eigenvalue weighted by Crippen LogP contribution is 2.28. The summed E-state index contributed by atoms with van der Waals surface area (Å²) in [5.41, 5.74) is -4.25. The van der Waals surface area contributed by atoms with Crippen LogP contribution in [0.15, 0.2) is 0 Å². The molecule has 0 N–H and O–H groups in total. The number of carbonyl (C=O) groups excluding carboxylic acids is 2. The van der Waals surface area contributed by atoms with Gasteiger partial charge in [0, 0.05) is 6.54 Å². The fourth-order valence-corrected chi connectivity index (χ4v) is 4.26. The molecular formula is C28H29F10NO2. The van der Waals surface area contributed by atoms with Gasteiger partial charge in [-0.15, -0.1) is 0 Å². The van der Waals surface area contributed by atoms with Crippen molar-refractivity contribution in [1.29, 1.82) is 0 Å². The number of halogens is 10. The number of hydrogen-bond acceptors (Lipinski definition) is 2. The van der Waals surface area contributed by atoms with Crippen molar-refractivity contribution in [1.82, 2.24) is 4.90 Å². The first kappa shape index (κ1) is 34.1. The van der Waals surface area contributed by atoms with Gasteiger partial charge in [-0.1, -0.05) is 77.6 Å². The Kier molecular flexibility index (Phi) is 13.1. The number of unbranched alkanes of at least 4 members (excludes halogenated alkanes) is 11. The number of hydrogen-bond donors (Lipinski definition) is 0. The van der Waals surface area contributed by atoms with Crippen molar-refractivity contribution in [2.24, 2.45) is 0 Å². The number of nitrogens with zero attached hydrogens (tertiary/aromatic N) is 1. The second kappa shape index (κ2) is 15.8. The van der Waals surface area contributed by atoms with Crippen molar-refractivity contribution in [3.63, 3.8) is 0 Å². The highest BCUT2D eigenvalue weighted by atomic mass is 19.2. The van der Waals surface area contributed by atoms with Crippen molar-refractivity contribution in [2.75, 3.05) is 6.54 Å². The second-order valence-corrected chi connectivity index (χ2v) is 9.54. The minimum atomic E-state index is -2.62. The molecule has 3 nitrogen and oxygen atoms in total. The van der Waals surface area contributed by atoms with E-state index in [1.54, 1.807) is 0 Å². The maximum atomic E-state index is 14.3. The fourth-order valence-electron chi connectivity index (χ4n) is 4.26. The average Bonchev–Trinajstić information content (AvgIpc) is 2.95. The zero-order chi connectivity index (χ0) is 30.9. The van der Waals surface area contributed by atoms with Crippen molar-refractivity contribution >= 4 is 11.8 Å². The van der Waals surface area contributed by atoms with Crippen LogP contribution in [0, 0.1) is 58.2 Å². The molecule has 2 rings (SSSR count). The molecular weight excluding hydrogens is 572 g/mol. The van der Waals surface area contributed by atoms with E-state index in [0.29, 0.717) is 12.8 Å². The summed E-state index contributed by atoms with van der Waals surface area (Å²) in [5, 5.41) is 0. The minimum absolute atomic E-state index is 0.167. The molecule has 0 spiro atoms. The molecule has 0 unspecified atom stereocenters. The predicted molar refractivity (Wildman–Crippen MR) is 129 cm³/mol. The van der Waals surface area contributed by atoms with Gasteiger partial charge in [0.05, 0.1) is 0 Å². The summed E-state index contributed by atoms with van der Waals surface area (Å²) in [4.78, 5) is 25.4. The maximum Gasteiger partial charge on any atom is 0.266 e. The van der Waals surface area contributed by atoms with Crippen LogP contribution < -0.4 is 0 Å². The number of carbonyl (C=O) groups is 2. The Morgan fingerprint density at radius 1 is 0.415 bits per heavy atom. The molecule has 0 fully saturated rings. The minimum Gasteiger partial charge on any atom is -0.274 e. The first-order valence-corrected chi connectivity index (χ1v) is 13.3. The smallest absolute Gasteiger partial charge is 0.266 e. The maximum absolute atomic E-state index is 14.3. The summed E-state index contributed by atoms with van der Waals surface area (Å²) >= 11 is 0. The summed E-state index contributed by atoms with van der Waals surface area (Å²) < 4.78 is 139. The third kappa shape index (κ3) is 8.00. The normalized spacial score (nSPS) is 11.3. The van der Waals surface area contributed by atoms with Gasteiger partial charge < -0.3 is 0 Å². The molecule has 0 saturated carbocycles. The van der Waals surface area contributed by atoms with Gasteiger partial charge in [0.15, 0.2) is 46.5 Å². The van der Waals surface area contributed by atoms with Crippen LogP contribution in [0.25, 0.3) is 0 Å². The summed E-state index contributed by atoms with van der Waals surface area (Å²) in [6.45, 7) is 1.23. The van der Waals surface area contributed by atoms with E-state index in [2.05, 4.69) is 6.92 Å². The second-order valence-electron chi connectivity index (χ2n) is 9.54. The van der Waals surface area contributed by atoms with Crippen LogP contribution in [-0.4, -0.2) is 23.3 Å². The van der Waals surface area contributed by atoms with Gasteiger partial charge in [-0.25, -0.2) is 43.9 Å². The topological polar surface area (TPSA) is 37.4 Å². The van der Waals surface area contributed by atoms with E-state index >= 15 is 0 Å². The molecule has 0 bridgehead atoms. The summed E-state index contributed by atoms with van der Waals surface area (Å²) in [7, 11) is 0. The largest absolute Gasteiger partial charge is 0.274 e. The zero-order valence-electron chi connectivity index (χ0n) is 22.2. The Bertz CT molecular complexity index is 1110. The summed E-state index contributed by atoms with van der Waals surface area (Å²) in [6.07, 6.45) is 9.87. The van der Waals surface area contributed by atoms with Crippen LogP contribution in [0.5, 0.6) is 0 Å². The molecule has 0 aliphatic rings. The van der Waals surface area contributed by atoms with Gasteiger partial charge in [0.25, 0.3) is 11.8 Å². The average molecular weight is 602 g/mol. The SMILES string of the molecule is CCCCCCCCCCCCCCN(C(=O)c1c(F)c(F)c(F)c(F)c1F)C(=O)c1c(F)c(F)c(F)c(F)c1F. The van der Waals surface area contributed by atoms with Crippen LogP contribution in [0.4, 0.5) is 43.9 Å². The highest BCUT2D eigenvalue weighted by molar-refractivity contribution is 6.10. The lowest BCUT2D eigenvalue weighted by Gasteiger charge is -2.22. The van der Waals surface area contributed by atoms with Gasteiger partial charge in [-0.2, -0.15) is 0 Å². The third-order valence-electron chi connectivity index (χ3n) is 6.57. The molecule has 2 amide bonds. The predicted octanol–water partition coefficient (Wildman–Crippen LogP) is 9.06. The monoisotopic (exact) mass is 601 g/mol. The molecule has 13 heteroatoms. The van der Waals surface area contributed by atoms with Crippen molar-refractivity contribution < 1.29 is 53.5 Å². The quantitative estimate of drug-likeness (QED) is 0.0672. The third-order valence-corrected chi connectivity index (χ3v) is 6.57. The molecule has 2 aromatic carbocycles. The first-order chi connectivity index (χ1) is 19.4. The molecule has 0 aliphatic carbocycles. The van der Waals surface area contributed by atoms with Gasteiger partial charge in [0.2, 0.25) is 11.6 Å². The van der Waals surface area contributed by atoms with E-state index in [0.717, 1.165) is 38.5 Å². The molecule has 0 heterocycles. The van der Waals surface area contributed by atoms with Gasteiger partial charge in [-0.3, -0.25) is 14.5 Å². The lowest BCUT2D eigenvalue weighted by Crippen LogP contribution is -2.40. The highest BCUT2D eigenvalue weighted by Gasteiger charge is 2.38. The van der Waals surface area contributed by atoms with Crippen molar-refractivity contribution in [2.45, 2.75) is 84.0 Å². The molecule has 0 atom stereocenters. The fraction of sp³-hybridized carbons (Fsp3) is 0.500.